The molecule has 1 aliphatic rings. The minimum absolute atomic E-state index is 0.753. The fourth-order valence-corrected chi connectivity index (χ4v) is 4.00. The first-order valence-electron chi connectivity index (χ1n) is 12.1. The van der Waals surface area contributed by atoms with Gasteiger partial charge in [0.25, 0.3) is 0 Å². The van der Waals surface area contributed by atoms with Gasteiger partial charge in [0.1, 0.15) is 0 Å². The van der Waals surface area contributed by atoms with Crippen LogP contribution in [0.4, 0.5) is 0 Å². The molecular weight excluding hydrogens is 372 g/mol. The first-order valence-corrected chi connectivity index (χ1v) is 12.1. The molecule has 0 aromatic carbocycles. The van der Waals surface area contributed by atoms with Gasteiger partial charge in [-0.25, -0.2) is 9.97 Å². The Morgan fingerprint density at radius 2 is 1.03 bits per heavy atom. The van der Waals surface area contributed by atoms with E-state index in [0.717, 1.165) is 62.0 Å². The average molecular weight is 411 g/mol. The molecule has 0 amide bonds. The fraction of sp³-hybridized carbons (Fsp3) is 0.615. The van der Waals surface area contributed by atoms with Crippen molar-refractivity contribution in [2.24, 2.45) is 0 Å². The molecular formula is C26H38N2O2. The van der Waals surface area contributed by atoms with Crippen LogP contribution in [0.3, 0.4) is 0 Å². The maximum atomic E-state index is 5.89. The van der Waals surface area contributed by atoms with Crippen molar-refractivity contribution in [2.75, 3.05) is 13.2 Å². The molecule has 4 heteroatoms. The van der Waals surface area contributed by atoms with Crippen molar-refractivity contribution in [2.45, 2.75) is 90.9 Å². The standard InChI is InChI=1S/C26H38N2O2/c1-3-5-7-9-11-19-29-25-17-13-21-22-14-18-26(30-20-12-10-8-6-4-2)28-24(22)16-15-23(21)27-25/h13-14,17-18H,3-12,15-16,19-20H2,1-2H3. The normalized spacial score (nSPS) is 12.3. The molecule has 164 valence electrons. The minimum Gasteiger partial charge on any atom is -0.478 e. The molecule has 1 aliphatic carbocycles. The van der Waals surface area contributed by atoms with Gasteiger partial charge in [0.05, 0.1) is 24.6 Å². The fourth-order valence-electron chi connectivity index (χ4n) is 4.00. The molecule has 2 aromatic rings. The topological polar surface area (TPSA) is 44.2 Å². The Kier molecular flexibility index (Phi) is 9.46. The van der Waals surface area contributed by atoms with Crippen molar-refractivity contribution in [3.05, 3.63) is 35.7 Å². The van der Waals surface area contributed by atoms with Gasteiger partial charge in [-0.3, -0.25) is 0 Å². The Bertz CT molecular complexity index is 710. The van der Waals surface area contributed by atoms with Crippen LogP contribution in [0.5, 0.6) is 11.8 Å². The van der Waals surface area contributed by atoms with E-state index in [1.165, 1.54) is 62.5 Å². The number of aryl methyl sites for hydroxylation is 2. The lowest BCUT2D eigenvalue weighted by atomic mass is 9.92. The zero-order valence-corrected chi connectivity index (χ0v) is 18.9. The summed E-state index contributed by atoms with van der Waals surface area (Å²) in [5.74, 6) is 1.51. The maximum absolute atomic E-state index is 5.89. The van der Waals surface area contributed by atoms with E-state index in [1.807, 2.05) is 12.1 Å². The van der Waals surface area contributed by atoms with E-state index in [0.29, 0.717) is 0 Å². The first kappa shape index (κ1) is 22.6. The van der Waals surface area contributed by atoms with Crippen LogP contribution >= 0.6 is 0 Å². The van der Waals surface area contributed by atoms with Gasteiger partial charge in [-0.1, -0.05) is 65.2 Å². The predicted molar refractivity (Wildman–Crippen MR) is 123 cm³/mol. The minimum atomic E-state index is 0.753. The van der Waals surface area contributed by atoms with Gasteiger partial charge in [0.2, 0.25) is 11.8 Å². The van der Waals surface area contributed by atoms with Crippen LogP contribution in [-0.2, 0) is 12.8 Å². The van der Waals surface area contributed by atoms with E-state index in [2.05, 4.69) is 26.0 Å². The van der Waals surface area contributed by atoms with Crippen molar-refractivity contribution in [1.82, 2.24) is 9.97 Å². The number of hydrogen-bond acceptors (Lipinski definition) is 4. The largest absolute Gasteiger partial charge is 0.478 e. The van der Waals surface area contributed by atoms with Gasteiger partial charge < -0.3 is 9.47 Å². The van der Waals surface area contributed by atoms with Crippen molar-refractivity contribution in [3.63, 3.8) is 0 Å². The van der Waals surface area contributed by atoms with E-state index in [-0.39, 0.29) is 0 Å². The second kappa shape index (κ2) is 12.6. The van der Waals surface area contributed by atoms with Gasteiger partial charge >= 0.3 is 0 Å². The van der Waals surface area contributed by atoms with E-state index in [4.69, 9.17) is 19.4 Å². The van der Waals surface area contributed by atoms with Crippen molar-refractivity contribution >= 4 is 0 Å². The molecule has 0 atom stereocenters. The Morgan fingerprint density at radius 3 is 1.47 bits per heavy atom. The van der Waals surface area contributed by atoms with Crippen LogP contribution in [0.15, 0.2) is 24.3 Å². The average Bonchev–Trinajstić information content (AvgIpc) is 2.78. The van der Waals surface area contributed by atoms with Crippen molar-refractivity contribution in [3.8, 4) is 22.9 Å². The number of hydrogen-bond donors (Lipinski definition) is 0. The summed E-state index contributed by atoms with van der Waals surface area (Å²) in [6, 6.07) is 8.28. The molecule has 0 N–H and O–H groups in total. The first-order chi connectivity index (χ1) is 14.8. The summed E-state index contributed by atoms with van der Waals surface area (Å²) in [5.41, 5.74) is 4.62. The monoisotopic (exact) mass is 410 g/mol. The highest BCUT2D eigenvalue weighted by atomic mass is 16.5. The Balaban J connectivity index is 1.52. The second-order valence-corrected chi connectivity index (χ2v) is 8.31. The quantitative estimate of drug-likeness (QED) is 0.316. The van der Waals surface area contributed by atoms with E-state index < -0.39 is 0 Å². The number of nitrogens with zero attached hydrogens (tertiary/aromatic N) is 2. The van der Waals surface area contributed by atoms with Crippen LogP contribution in [0.1, 0.15) is 89.4 Å². The Hall–Kier alpha value is -2.10. The van der Waals surface area contributed by atoms with Gasteiger partial charge in [-0.15, -0.1) is 0 Å². The van der Waals surface area contributed by atoms with Crippen LogP contribution in [0.25, 0.3) is 11.1 Å². The number of rotatable bonds is 14. The summed E-state index contributed by atoms with van der Waals surface area (Å²) >= 11 is 0. The number of pyridine rings is 2. The van der Waals surface area contributed by atoms with E-state index >= 15 is 0 Å². The third-order valence-corrected chi connectivity index (χ3v) is 5.78. The van der Waals surface area contributed by atoms with Crippen LogP contribution in [-0.4, -0.2) is 23.2 Å². The molecule has 30 heavy (non-hydrogen) atoms. The second-order valence-electron chi connectivity index (χ2n) is 8.31. The smallest absolute Gasteiger partial charge is 0.213 e. The van der Waals surface area contributed by atoms with Gasteiger partial charge in [-0.05, 0) is 37.8 Å². The molecule has 0 saturated carbocycles. The summed E-state index contributed by atoms with van der Waals surface area (Å²) in [6.45, 7) is 5.99. The van der Waals surface area contributed by atoms with Crippen LogP contribution in [0.2, 0.25) is 0 Å². The summed E-state index contributed by atoms with van der Waals surface area (Å²) in [7, 11) is 0. The summed E-state index contributed by atoms with van der Waals surface area (Å²) < 4.78 is 11.8. The summed E-state index contributed by atoms with van der Waals surface area (Å²) in [6.07, 6.45) is 14.3. The molecule has 0 saturated heterocycles. The van der Waals surface area contributed by atoms with Crippen molar-refractivity contribution in [1.29, 1.82) is 0 Å². The highest BCUT2D eigenvalue weighted by Crippen LogP contribution is 2.34. The third-order valence-electron chi connectivity index (χ3n) is 5.78. The highest BCUT2D eigenvalue weighted by Gasteiger charge is 2.19. The Morgan fingerprint density at radius 1 is 0.600 bits per heavy atom. The molecule has 0 radical (unpaired) electrons. The maximum Gasteiger partial charge on any atom is 0.213 e. The lowest BCUT2D eigenvalue weighted by Crippen LogP contribution is -2.10. The third kappa shape index (κ3) is 6.72. The van der Waals surface area contributed by atoms with Gasteiger partial charge in [0.15, 0.2) is 0 Å². The molecule has 2 heterocycles. The highest BCUT2D eigenvalue weighted by molar-refractivity contribution is 5.71. The Labute approximate surface area is 182 Å². The summed E-state index contributed by atoms with van der Waals surface area (Å²) in [5, 5.41) is 0. The van der Waals surface area contributed by atoms with Crippen molar-refractivity contribution < 1.29 is 9.47 Å². The lowest BCUT2D eigenvalue weighted by molar-refractivity contribution is 0.291. The molecule has 3 rings (SSSR count). The number of fused-ring (bicyclic) bond motifs is 3. The van der Waals surface area contributed by atoms with Crippen LogP contribution in [0, 0.1) is 0 Å². The number of aromatic nitrogens is 2. The molecule has 4 nitrogen and oxygen atoms in total. The van der Waals surface area contributed by atoms with E-state index in [1.54, 1.807) is 0 Å². The zero-order chi connectivity index (χ0) is 21.0. The molecule has 0 bridgehead atoms. The SMILES string of the molecule is CCCCCCCOc1ccc2c(n1)CCc1nc(OCCCCCCC)ccc1-2. The van der Waals surface area contributed by atoms with Gasteiger partial charge in [-0.2, -0.15) is 0 Å². The molecule has 0 unspecified atom stereocenters. The molecule has 2 aromatic heterocycles. The predicted octanol–water partition coefficient (Wildman–Crippen LogP) is 6.94. The molecule has 0 spiro atoms. The van der Waals surface area contributed by atoms with Crippen LogP contribution < -0.4 is 9.47 Å². The number of ether oxygens (including phenoxy) is 2. The molecule has 0 fully saturated rings. The van der Waals surface area contributed by atoms with E-state index in [9.17, 15) is 0 Å². The van der Waals surface area contributed by atoms with Gasteiger partial charge in [0, 0.05) is 23.3 Å². The summed E-state index contributed by atoms with van der Waals surface area (Å²) in [4.78, 5) is 9.54. The molecule has 0 aliphatic heterocycles. The lowest BCUT2D eigenvalue weighted by Gasteiger charge is -2.19. The zero-order valence-electron chi connectivity index (χ0n) is 18.9. The number of unbranched alkanes of at least 4 members (excludes halogenated alkanes) is 8.